The monoisotopic (exact) mass is 476 g/mol. The number of benzene rings is 2. The number of hydrogen-bond donors (Lipinski definition) is 4. The molecule has 0 amide bonds. The fourth-order valence-electron chi connectivity index (χ4n) is 3.13. The fraction of sp³-hybridized carbons (Fsp3) is 0.286. The smallest absolute Gasteiger partial charge is 0.508 e. The third kappa shape index (κ3) is 4.58. The first-order valence-electron chi connectivity index (χ1n) is 9.48. The normalized spacial score (nSPS) is 24.7. The summed E-state index contributed by atoms with van der Waals surface area (Å²) in [6, 6.07) is 8.36. The molecule has 4 N–H and O–H groups in total. The molecule has 0 unspecified atom stereocenters. The molecule has 0 aliphatic carbocycles. The molecule has 2 aliphatic rings. The molecule has 2 heterocycles. The largest absolute Gasteiger partial charge is 0.512 e. The summed E-state index contributed by atoms with van der Waals surface area (Å²) in [7, 11) is 0. The molecule has 0 spiro atoms. The van der Waals surface area contributed by atoms with Gasteiger partial charge in [-0.1, -0.05) is 23.5 Å². The Morgan fingerprint density at radius 1 is 0.812 bits per heavy atom. The van der Waals surface area contributed by atoms with Gasteiger partial charge in [-0.05, 0) is 38.1 Å². The number of aliphatic imine (C=N–C) groups is 2. The highest BCUT2D eigenvalue weighted by atomic mass is 32.2. The Kier molecular flexibility index (Phi) is 5.63. The van der Waals surface area contributed by atoms with Crippen molar-refractivity contribution < 1.29 is 34.7 Å². The first-order valence-corrected chi connectivity index (χ1v) is 11.4. The van der Waals surface area contributed by atoms with E-state index < -0.39 is 17.6 Å². The molecule has 9 nitrogen and oxygen atoms in total. The summed E-state index contributed by atoms with van der Waals surface area (Å²) in [6.45, 7) is 3.25. The van der Waals surface area contributed by atoms with E-state index in [9.17, 15) is 25.2 Å². The Hall–Kier alpha value is -3.05. The van der Waals surface area contributed by atoms with Gasteiger partial charge in [-0.15, -0.1) is 0 Å². The molecular formula is C21H20N2O7S2. The van der Waals surface area contributed by atoms with Crippen molar-refractivity contribution in [2.45, 2.75) is 25.3 Å². The molecule has 2 aromatic carbocycles. The topological polar surface area (TPSA) is 141 Å². The SMILES string of the molecule is C[C@]1(OC(=O)O[C@@]2(C)CSC(c3ccc(O)cc3O)=N2)CSC(c2ccc(O)cc2O)=N1. The van der Waals surface area contributed by atoms with Crippen molar-refractivity contribution in [3.63, 3.8) is 0 Å². The van der Waals surface area contributed by atoms with E-state index in [1.165, 1.54) is 59.9 Å². The van der Waals surface area contributed by atoms with Gasteiger partial charge >= 0.3 is 6.16 Å². The number of thioether (sulfide) groups is 2. The second-order valence-corrected chi connectivity index (χ2v) is 9.55. The van der Waals surface area contributed by atoms with E-state index in [0.717, 1.165) is 0 Å². The molecule has 2 atom stereocenters. The molecule has 0 bridgehead atoms. The molecule has 0 aromatic heterocycles. The average Bonchev–Trinajstić information content (AvgIpc) is 3.24. The van der Waals surface area contributed by atoms with E-state index >= 15 is 0 Å². The van der Waals surface area contributed by atoms with Gasteiger partial charge in [0.25, 0.3) is 0 Å². The molecule has 4 rings (SSSR count). The number of phenolic OH excluding ortho intramolecular Hbond substituents is 4. The van der Waals surface area contributed by atoms with Gasteiger partial charge in [0.15, 0.2) is 0 Å². The number of phenols is 4. The highest BCUT2D eigenvalue weighted by Crippen LogP contribution is 2.38. The maximum atomic E-state index is 12.5. The molecule has 2 aromatic rings. The third-order valence-electron chi connectivity index (χ3n) is 4.66. The maximum Gasteiger partial charge on any atom is 0.512 e. The fourth-order valence-corrected chi connectivity index (χ4v) is 5.35. The van der Waals surface area contributed by atoms with Gasteiger partial charge in [0, 0.05) is 23.3 Å². The summed E-state index contributed by atoms with van der Waals surface area (Å²) in [4.78, 5) is 21.3. The van der Waals surface area contributed by atoms with Crippen molar-refractivity contribution >= 4 is 39.8 Å². The van der Waals surface area contributed by atoms with Gasteiger partial charge < -0.3 is 29.9 Å². The van der Waals surface area contributed by atoms with Crippen LogP contribution < -0.4 is 0 Å². The van der Waals surface area contributed by atoms with Crippen molar-refractivity contribution in [2.24, 2.45) is 9.98 Å². The predicted molar refractivity (Wildman–Crippen MR) is 122 cm³/mol. The summed E-state index contributed by atoms with van der Waals surface area (Å²) in [5.41, 5.74) is -1.55. The minimum Gasteiger partial charge on any atom is -0.508 e. The van der Waals surface area contributed by atoms with Crippen molar-refractivity contribution in [1.29, 1.82) is 0 Å². The molecule has 11 heteroatoms. The zero-order valence-corrected chi connectivity index (χ0v) is 18.7. The third-order valence-corrected chi connectivity index (χ3v) is 7.19. The van der Waals surface area contributed by atoms with Crippen LogP contribution in [0.5, 0.6) is 23.0 Å². The molecule has 2 aliphatic heterocycles. The lowest BCUT2D eigenvalue weighted by Crippen LogP contribution is -2.36. The minimum atomic E-state index is -1.20. The van der Waals surface area contributed by atoms with Crippen LogP contribution >= 0.6 is 23.5 Å². The standard InChI is InChI=1S/C21H20N2O7S2/c1-20(9-31-17(22-20)13-5-3-11(24)7-15(13)26)29-19(28)30-21(2)10-32-18(23-21)14-6-4-12(25)8-16(14)27/h3-8,24-27H,9-10H2,1-2H3/t20-,21-/m0/s1. The second kappa shape index (κ2) is 8.14. The Morgan fingerprint density at radius 2 is 1.22 bits per heavy atom. The van der Waals surface area contributed by atoms with Crippen LogP contribution in [0, 0.1) is 0 Å². The molecular weight excluding hydrogens is 456 g/mol. The average molecular weight is 477 g/mol. The zero-order chi connectivity index (χ0) is 23.1. The number of hydrogen-bond acceptors (Lipinski definition) is 11. The lowest BCUT2D eigenvalue weighted by molar-refractivity contribution is -0.0482. The van der Waals surface area contributed by atoms with Crippen LogP contribution in [0.15, 0.2) is 46.4 Å². The number of carbonyl (C=O) groups excluding carboxylic acids is 1. The number of ether oxygens (including phenoxy) is 2. The van der Waals surface area contributed by atoms with Crippen LogP contribution in [0.4, 0.5) is 4.79 Å². The zero-order valence-electron chi connectivity index (χ0n) is 17.1. The Balaban J connectivity index is 1.45. The van der Waals surface area contributed by atoms with Gasteiger partial charge in [0.2, 0.25) is 11.4 Å². The highest BCUT2D eigenvalue weighted by molar-refractivity contribution is 8.15. The van der Waals surface area contributed by atoms with Crippen LogP contribution in [-0.4, -0.2) is 59.6 Å². The summed E-state index contributed by atoms with van der Waals surface area (Å²) < 4.78 is 10.9. The quantitative estimate of drug-likeness (QED) is 0.485. The van der Waals surface area contributed by atoms with E-state index in [1.807, 2.05) is 0 Å². The molecule has 168 valence electrons. The molecule has 32 heavy (non-hydrogen) atoms. The molecule has 0 saturated heterocycles. The van der Waals surface area contributed by atoms with Crippen LogP contribution in [0.1, 0.15) is 25.0 Å². The van der Waals surface area contributed by atoms with Crippen molar-refractivity contribution in [3.05, 3.63) is 47.5 Å². The van der Waals surface area contributed by atoms with E-state index in [0.29, 0.717) is 32.7 Å². The maximum absolute atomic E-state index is 12.5. The van der Waals surface area contributed by atoms with Gasteiger partial charge in [-0.2, -0.15) is 0 Å². The molecule has 0 radical (unpaired) electrons. The summed E-state index contributed by atoms with van der Waals surface area (Å²) in [5.74, 6) is 0.246. The van der Waals surface area contributed by atoms with Crippen molar-refractivity contribution in [2.75, 3.05) is 11.5 Å². The lowest BCUT2D eigenvalue weighted by Gasteiger charge is -2.24. The number of carbonyl (C=O) groups is 1. The van der Waals surface area contributed by atoms with Gasteiger partial charge in [-0.3, -0.25) is 0 Å². The number of rotatable bonds is 4. The Labute approximate surface area is 191 Å². The van der Waals surface area contributed by atoms with Crippen LogP contribution in [0.2, 0.25) is 0 Å². The number of aromatic hydroxyl groups is 4. The van der Waals surface area contributed by atoms with Crippen LogP contribution in [0.25, 0.3) is 0 Å². The van der Waals surface area contributed by atoms with E-state index in [-0.39, 0.29) is 23.0 Å². The summed E-state index contributed by atoms with van der Waals surface area (Å²) >= 11 is 2.60. The van der Waals surface area contributed by atoms with E-state index in [2.05, 4.69) is 9.98 Å². The minimum absolute atomic E-state index is 0.0688. The first kappa shape index (κ1) is 22.2. The Bertz CT molecular complexity index is 1070. The van der Waals surface area contributed by atoms with Gasteiger partial charge in [0.05, 0.1) is 11.5 Å². The van der Waals surface area contributed by atoms with Crippen LogP contribution in [-0.2, 0) is 9.47 Å². The molecule has 0 saturated carbocycles. The Morgan fingerprint density at radius 3 is 1.59 bits per heavy atom. The van der Waals surface area contributed by atoms with Crippen molar-refractivity contribution in [1.82, 2.24) is 0 Å². The lowest BCUT2D eigenvalue weighted by atomic mass is 10.2. The van der Waals surface area contributed by atoms with E-state index in [4.69, 9.17) is 9.47 Å². The molecule has 0 fully saturated rings. The number of nitrogens with zero attached hydrogens (tertiary/aromatic N) is 2. The summed E-state index contributed by atoms with van der Waals surface area (Å²) in [6.07, 6.45) is -0.948. The van der Waals surface area contributed by atoms with Crippen molar-refractivity contribution in [3.8, 4) is 23.0 Å². The van der Waals surface area contributed by atoms with Crippen LogP contribution in [0.3, 0.4) is 0 Å². The first-order chi connectivity index (χ1) is 15.1. The predicted octanol–water partition coefficient (Wildman–Crippen LogP) is 3.78. The van der Waals surface area contributed by atoms with Gasteiger partial charge in [-0.25, -0.2) is 14.8 Å². The van der Waals surface area contributed by atoms with E-state index in [1.54, 1.807) is 13.8 Å². The highest BCUT2D eigenvalue weighted by Gasteiger charge is 2.41. The summed E-state index contributed by atoms with van der Waals surface area (Å²) in [5, 5.41) is 39.9. The van der Waals surface area contributed by atoms with Gasteiger partial charge in [0.1, 0.15) is 33.1 Å². The second-order valence-electron chi connectivity index (χ2n) is 7.62.